The molecule has 0 aliphatic rings. The van der Waals surface area contributed by atoms with Crippen molar-refractivity contribution in [3.05, 3.63) is 46.3 Å². The fourth-order valence-corrected chi connectivity index (χ4v) is 2.07. The summed E-state index contributed by atoms with van der Waals surface area (Å²) in [6.45, 7) is 5.62. The summed E-state index contributed by atoms with van der Waals surface area (Å²) in [7, 11) is 0. The second-order valence-corrected chi connectivity index (χ2v) is 4.75. The predicted molar refractivity (Wildman–Crippen MR) is 72.3 cm³/mol. The maximum atomic E-state index is 13.7. The van der Waals surface area contributed by atoms with Gasteiger partial charge in [-0.2, -0.15) is 5.10 Å². The molecular formula is C13H16ClFN4. The fraction of sp³-hybridized carbons (Fsp3) is 0.385. The third kappa shape index (κ3) is 3.52. The van der Waals surface area contributed by atoms with Gasteiger partial charge in [0, 0.05) is 17.1 Å². The van der Waals surface area contributed by atoms with E-state index in [2.05, 4.69) is 15.2 Å². The summed E-state index contributed by atoms with van der Waals surface area (Å²) in [6, 6.07) is 4.73. The number of hydrogen-bond donors (Lipinski definition) is 1. The summed E-state index contributed by atoms with van der Waals surface area (Å²) >= 11 is 6.03. The Morgan fingerprint density at radius 3 is 2.74 bits per heavy atom. The molecule has 0 spiro atoms. The molecule has 0 atom stereocenters. The molecule has 1 aromatic heterocycles. The van der Waals surface area contributed by atoms with E-state index in [-0.39, 0.29) is 5.82 Å². The van der Waals surface area contributed by atoms with Gasteiger partial charge in [0.15, 0.2) is 5.82 Å². The van der Waals surface area contributed by atoms with Crippen molar-refractivity contribution < 1.29 is 4.39 Å². The largest absolute Gasteiger partial charge is 0.292 e. The van der Waals surface area contributed by atoms with Crippen molar-refractivity contribution >= 4 is 11.6 Å². The highest BCUT2D eigenvalue weighted by Crippen LogP contribution is 2.21. The Morgan fingerprint density at radius 1 is 1.37 bits per heavy atom. The van der Waals surface area contributed by atoms with E-state index >= 15 is 0 Å². The molecule has 0 saturated carbocycles. The maximum absolute atomic E-state index is 13.7. The van der Waals surface area contributed by atoms with Gasteiger partial charge in [-0.05, 0) is 25.6 Å². The summed E-state index contributed by atoms with van der Waals surface area (Å²) in [6.07, 6.45) is 0. The Kier molecular flexibility index (Phi) is 4.50. The molecule has 1 N–H and O–H groups in total. The lowest BCUT2D eigenvalue weighted by atomic mass is 10.2. The lowest BCUT2D eigenvalue weighted by Crippen LogP contribution is -2.23. The highest BCUT2D eigenvalue weighted by Gasteiger charge is 2.13. The van der Waals surface area contributed by atoms with Crippen LogP contribution in [0.15, 0.2) is 18.2 Å². The average molecular weight is 283 g/mol. The van der Waals surface area contributed by atoms with Crippen molar-refractivity contribution in [1.29, 1.82) is 0 Å². The van der Waals surface area contributed by atoms with E-state index in [4.69, 9.17) is 11.6 Å². The number of aromatic nitrogens is 3. The molecule has 0 saturated heterocycles. The average Bonchev–Trinajstić information content (AvgIpc) is 2.78. The Labute approximate surface area is 116 Å². The summed E-state index contributed by atoms with van der Waals surface area (Å²) in [5, 5.41) is 7.33. The molecule has 102 valence electrons. The third-order valence-corrected chi connectivity index (χ3v) is 3.25. The van der Waals surface area contributed by atoms with Crippen LogP contribution in [0.1, 0.15) is 24.1 Å². The molecule has 0 fully saturated rings. The Balaban J connectivity index is 2.11. The zero-order valence-corrected chi connectivity index (χ0v) is 11.7. The molecule has 4 nitrogen and oxygen atoms in total. The quantitative estimate of drug-likeness (QED) is 0.917. The van der Waals surface area contributed by atoms with Crippen molar-refractivity contribution in [1.82, 2.24) is 20.1 Å². The lowest BCUT2D eigenvalue weighted by Gasteiger charge is -2.19. The van der Waals surface area contributed by atoms with Crippen molar-refractivity contribution in [2.24, 2.45) is 0 Å². The number of nitrogens with one attached hydrogen (secondary N) is 1. The Hall–Kier alpha value is -1.46. The summed E-state index contributed by atoms with van der Waals surface area (Å²) in [4.78, 5) is 6.28. The minimum absolute atomic E-state index is 0.280. The highest BCUT2D eigenvalue weighted by molar-refractivity contribution is 6.31. The number of halogens is 2. The van der Waals surface area contributed by atoms with Gasteiger partial charge < -0.3 is 0 Å². The van der Waals surface area contributed by atoms with E-state index in [0.717, 1.165) is 12.4 Å². The number of benzene rings is 1. The SMILES string of the molecule is CCN(Cc1n[nH]c(C)n1)Cc1c(F)cccc1Cl. The van der Waals surface area contributed by atoms with Crippen LogP contribution < -0.4 is 0 Å². The Morgan fingerprint density at radius 2 is 2.16 bits per heavy atom. The minimum atomic E-state index is -0.280. The molecule has 0 amide bonds. The lowest BCUT2D eigenvalue weighted by molar-refractivity contribution is 0.261. The predicted octanol–water partition coefficient (Wildman–Crippen LogP) is 2.93. The fourth-order valence-electron chi connectivity index (χ4n) is 1.85. The van der Waals surface area contributed by atoms with Crippen molar-refractivity contribution in [2.75, 3.05) is 6.54 Å². The maximum Gasteiger partial charge on any atom is 0.164 e. The topological polar surface area (TPSA) is 44.8 Å². The first-order chi connectivity index (χ1) is 9.10. The second kappa shape index (κ2) is 6.12. The standard InChI is InChI=1S/C13H16ClFN4/c1-3-19(8-13-16-9(2)17-18-13)7-10-11(14)5-4-6-12(10)15/h4-6H,3,7-8H2,1-2H3,(H,16,17,18). The number of hydrogen-bond acceptors (Lipinski definition) is 3. The highest BCUT2D eigenvalue weighted by atomic mass is 35.5. The van der Waals surface area contributed by atoms with Crippen LogP contribution in [0.25, 0.3) is 0 Å². The van der Waals surface area contributed by atoms with Gasteiger partial charge in [-0.25, -0.2) is 9.37 Å². The first-order valence-electron chi connectivity index (χ1n) is 6.13. The van der Waals surface area contributed by atoms with E-state index in [9.17, 15) is 4.39 Å². The molecule has 0 unspecified atom stereocenters. The van der Waals surface area contributed by atoms with Gasteiger partial charge in [0.2, 0.25) is 0 Å². The van der Waals surface area contributed by atoms with Crippen molar-refractivity contribution in [3.63, 3.8) is 0 Å². The number of H-pyrrole nitrogens is 1. The van der Waals surface area contributed by atoms with E-state index in [1.54, 1.807) is 12.1 Å². The molecule has 0 bridgehead atoms. The molecule has 0 aliphatic carbocycles. The van der Waals surface area contributed by atoms with Gasteiger partial charge in [-0.1, -0.05) is 24.6 Å². The second-order valence-electron chi connectivity index (χ2n) is 4.34. The molecular weight excluding hydrogens is 267 g/mol. The minimum Gasteiger partial charge on any atom is -0.292 e. The number of aryl methyl sites for hydroxylation is 1. The van der Waals surface area contributed by atoms with Crippen LogP contribution in [-0.4, -0.2) is 26.6 Å². The van der Waals surface area contributed by atoms with Gasteiger partial charge in [0.1, 0.15) is 11.6 Å². The summed E-state index contributed by atoms with van der Waals surface area (Å²) in [5.74, 6) is 1.19. The molecule has 0 radical (unpaired) electrons. The van der Waals surface area contributed by atoms with Crippen LogP contribution in [0.3, 0.4) is 0 Å². The molecule has 1 heterocycles. The van der Waals surface area contributed by atoms with Crippen molar-refractivity contribution in [3.8, 4) is 0 Å². The van der Waals surface area contributed by atoms with Crippen LogP contribution in [0.5, 0.6) is 0 Å². The van der Waals surface area contributed by atoms with E-state index < -0.39 is 0 Å². The van der Waals surface area contributed by atoms with E-state index in [0.29, 0.717) is 29.5 Å². The van der Waals surface area contributed by atoms with Gasteiger partial charge in [0.05, 0.1) is 6.54 Å². The molecule has 19 heavy (non-hydrogen) atoms. The molecule has 6 heteroatoms. The molecule has 2 aromatic rings. The van der Waals surface area contributed by atoms with Gasteiger partial charge in [0.25, 0.3) is 0 Å². The molecule has 1 aromatic carbocycles. The summed E-state index contributed by atoms with van der Waals surface area (Å²) < 4.78 is 13.7. The normalized spacial score (nSPS) is 11.2. The van der Waals surface area contributed by atoms with Crippen LogP contribution >= 0.6 is 11.6 Å². The molecule has 2 rings (SSSR count). The smallest absolute Gasteiger partial charge is 0.164 e. The Bertz CT molecular complexity index is 535. The van der Waals surface area contributed by atoms with Crippen molar-refractivity contribution in [2.45, 2.75) is 26.9 Å². The van der Waals surface area contributed by atoms with Gasteiger partial charge >= 0.3 is 0 Å². The van der Waals surface area contributed by atoms with Crippen LogP contribution in [0.2, 0.25) is 5.02 Å². The van der Waals surface area contributed by atoms with Crippen LogP contribution in [-0.2, 0) is 13.1 Å². The van der Waals surface area contributed by atoms with Crippen LogP contribution in [0.4, 0.5) is 4.39 Å². The van der Waals surface area contributed by atoms with Gasteiger partial charge in [-0.15, -0.1) is 0 Å². The molecule has 0 aliphatic heterocycles. The van der Waals surface area contributed by atoms with E-state index in [1.807, 2.05) is 18.7 Å². The number of aromatic amines is 1. The zero-order valence-electron chi connectivity index (χ0n) is 11.0. The number of rotatable bonds is 5. The summed E-state index contributed by atoms with van der Waals surface area (Å²) in [5.41, 5.74) is 0.512. The number of nitrogens with zero attached hydrogens (tertiary/aromatic N) is 3. The van der Waals surface area contributed by atoms with E-state index in [1.165, 1.54) is 6.07 Å². The first-order valence-corrected chi connectivity index (χ1v) is 6.51. The zero-order chi connectivity index (χ0) is 13.8. The third-order valence-electron chi connectivity index (χ3n) is 2.90. The van der Waals surface area contributed by atoms with Gasteiger partial charge in [-0.3, -0.25) is 10.00 Å². The first kappa shape index (κ1) is 14.0. The monoisotopic (exact) mass is 282 g/mol. The van der Waals surface area contributed by atoms with Crippen LogP contribution in [0, 0.1) is 12.7 Å².